The van der Waals surface area contributed by atoms with Gasteiger partial charge in [-0.15, -0.1) is 11.8 Å². The van der Waals surface area contributed by atoms with E-state index < -0.39 is 0 Å². The van der Waals surface area contributed by atoms with Crippen LogP contribution in [0.25, 0.3) is 0 Å². The number of hydrogen-bond donors (Lipinski definition) is 1. The van der Waals surface area contributed by atoms with E-state index in [2.05, 4.69) is 22.1 Å². The molecule has 2 saturated heterocycles. The van der Waals surface area contributed by atoms with Gasteiger partial charge in [0.2, 0.25) is 11.8 Å². The summed E-state index contributed by atoms with van der Waals surface area (Å²) in [5.41, 5.74) is 0.943. The van der Waals surface area contributed by atoms with E-state index in [9.17, 15) is 14.0 Å². The Balaban J connectivity index is 1.26. The van der Waals surface area contributed by atoms with Gasteiger partial charge in [-0.05, 0) is 78.8 Å². The van der Waals surface area contributed by atoms with Gasteiger partial charge in [0.25, 0.3) is 0 Å². The van der Waals surface area contributed by atoms with Gasteiger partial charge >= 0.3 is 0 Å². The number of nitrogens with one attached hydrogen (secondary N) is 1. The maximum absolute atomic E-state index is 13.1. The molecule has 0 aliphatic carbocycles. The lowest BCUT2D eigenvalue weighted by Crippen LogP contribution is -2.45. The van der Waals surface area contributed by atoms with Crippen molar-refractivity contribution in [3.05, 3.63) is 52.5 Å². The molecule has 0 saturated carbocycles. The Morgan fingerprint density at radius 2 is 2.00 bits per heavy atom. The van der Waals surface area contributed by atoms with E-state index in [-0.39, 0.29) is 23.2 Å². The van der Waals surface area contributed by atoms with Gasteiger partial charge in [0.1, 0.15) is 5.82 Å². The van der Waals surface area contributed by atoms with Crippen molar-refractivity contribution in [1.82, 2.24) is 10.2 Å². The number of halogens is 1. The average Bonchev–Trinajstić information content (AvgIpc) is 3.39. The first-order valence-electron chi connectivity index (χ1n) is 10.5. The molecule has 2 fully saturated rings. The molecule has 4 nitrogen and oxygen atoms in total. The highest BCUT2D eigenvalue weighted by molar-refractivity contribution is 8.00. The van der Waals surface area contributed by atoms with Crippen LogP contribution in [0.15, 0.2) is 46.0 Å². The monoisotopic (exact) mass is 446 g/mol. The van der Waals surface area contributed by atoms with Crippen LogP contribution in [0.2, 0.25) is 0 Å². The number of hydrogen-bond acceptors (Lipinski definition) is 4. The minimum absolute atomic E-state index is 0.0938. The molecule has 2 amide bonds. The van der Waals surface area contributed by atoms with Crippen LogP contribution in [-0.4, -0.2) is 40.6 Å². The van der Waals surface area contributed by atoms with Gasteiger partial charge in [-0.2, -0.15) is 11.3 Å². The molecule has 7 heteroatoms. The van der Waals surface area contributed by atoms with Crippen LogP contribution in [0, 0.1) is 5.82 Å². The summed E-state index contributed by atoms with van der Waals surface area (Å²) in [6.45, 7) is 1.53. The highest BCUT2D eigenvalue weighted by Crippen LogP contribution is 2.33. The number of benzene rings is 1. The van der Waals surface area contributed by atoms with Crippen molar-refractivity contribution in [2.45, 2.75) is 60.6 Å². The van der Waals surface area contributed by atoms with Crippen LogP contribution < -0.4 is 5.32 Å². The second-order valence-electron chi connectivity index (χ2n) is 8.29. The number of nitrogens with zero attached hydrogens (tertiary/aromatic N) is 1. The van der Waals surface area contributed by atoms with Crippen molar-refractivity contribution in [3.63, 3.8) is 0 Å². The van der Waals surface area contributed by atoms with Crippen LogP contribution in [-0.2, 0) is 16.0 Å². The Bertz CT molecular complexity index is 864. The van der Waals surface area contributed by atoms with Crippen molar-refractivity contribution >= 4 is 34.9 Å². The van der Waals surface area contributed by atoms with Crippen LogP contribution in [0.4, 0.5) is 4.39 Å². The summed E-state index contributed by atoms with van der Waals surface area (Å²) in [5.74, 6) is 0.0670. The normalized spacial score (nSPS) is 22.3. The van der Waals surface area contributed by atoms with Gasteiger partial charge in [0.05, 0.1) is 0 Å². The van der Waals surface area contributed by atoms with Gasteiger partial charge in [-0.25, -0.2) is 4.39 Å². The second kappa shape index (κ2) is 9.52. The molecule has 0 radical (unpaired) electrons. The summed E-state index contributed by atoms with van der Waals surface area (Å²) in [5, 5.41) is 7.80. The number of piperidine rings is 1. The minimum Gasteiger partial charge on any atom is -0.350 e. The Kier molecular flexibility index (Phi) is 6.78. The summed E-state index contributed by atoms with van der Waals surface area (Å²) >= 11 is 3.43. The summed E-state index contributed by atoms with van der Waals surface area (Å²) < 4.78 is 13.1. The SMILES string of the molecule is O=C1CC[C@](CCC(=O)N2CCC(Sc3ccc(F)cc3)CC2)(Cc2ccsc2)N1. The quantitative estimate of drug-likeness (QED) is 0.674. The highest BCUT2D eigenvalue weighted by atomic mass is 32.2. The lowest BCUT2D eigenvalue weighted by atomic mass is 9.85. The molecule has 1 aromatic carbocycles. The van der Waals surface area contributed by atoms with E-state index in [0.29, 0.717) is 24.5 Å². The molecule has 1 N–H and O–H groups in total. The molecule has 0 unspecified atom stereocenters. The van der Waals surface area contributed by atoms with E-state index in [0.717, 1.165) is 43.7 Å². The van der Waals surface area contributed by atoms with Crippen LogP contribution >= 0.6 is 23.1 Å². The minimum atomic E-state index is -0.287. The van der Waals surface area contributed by atoms with Crippen molar-refractivity contribution < 1.29 is 14.0 Å². The lowest BCUT2D eigenvalue weighted by molar-refractivity contribution is -0.132. The fourth-order valence-electron chi connectivity index (χ4n) is 4.40. The molecule has 4 rings (SSSR count). The summed E-state index contributed by atoms with van der Waals surface area (Å²) in [6.07, 6.45) is 5.20. The van der Waals surface area contributed by atoms with Crippen LogP contribution in [0.1, 0.15) is 44.1 Å². The number of likely N-dealkylation sites (tertiary alicyclic amines) is 1. The fraction of sp³-hybridized carbons (Fsp3) is 0.478. The number of thioether (sulfide) groups is 1. The molecule has 2 aliphatic heterocycles. The molecule has 1 atom stereocenters. The number of carbonyl (C=O) groups excluding carboxylic acids is 2. The standard InChI is InChI=1S/C23H27FN2O2S2/c24-18-1-3-19(4-2-18)30-20-7-12-26(13-8-20)22(28)6-11-23(10-5-21(27)25-23)15-17-9-14-29-16-17/h1-4,9,14,16,20H,5-8,10-13,15H2,(H,25,27)/t23-/m0/s1. The zero-order chi connectivity index (χ0) is 21.0. The molecular weight excluding hydrogens is 419 g/mol. The van der Waals surface area contributed by atoms with Crippen molar-refractivity contribution in [1.29, 1.82) is 0 Å². The van der Waals surface area contributed by atoms with Crippen LogP contribution in [0.5, 0.6) is 0 Å². The number of carbonyl (C=O) groups is 2. The number of thiophene rings is 1. The van der Waals surface area contributed by atoms with Gasteiger partial charge in [-0.1, -0.05) is 0 Å². The maximum Gasteiger partial charge on any atom is 0.222 e. The summed E-state index contributed by atoms with van der Waals surface area (Å²) in [6, 6.07) is 8.73. The first-order valence-corrected chi connectivity index (χ1v) is 12.4. The highest BCUT2D eigenvalue weighted by Gasteiger charge is 2.38. The van der Waals surface area contributed by atoms with Gasteiger partial charge in [0, 0.05) is 41.6 Å². The van der Waals surface area contributed by atoms with Crippen molar-refractivity contribution in [2.24, 2.45) is 0 Å². The van der Waals surface area contributed by atoms with Gasteiger partial charge in [0.15, 0.2) is 0 Å². The Morgan fingerprint density at radius 3 is 2.63 bits per heavy atom. The van der Waals surface area contributed by atoms with Crippen LogP contribution in [0.3, 0.4) is 0 Å². The van der Waals surface area contributed by atoms with Crippen molar-refractivity contribution in [2.75, 3.05) is 13.1 Å². The molecule has 30 heavy (non-hydrogen) atoms. The number of rotatable bonds is 7. The maximum atomic E-state index is 13.1. The topological polar surface area (TPSA) is 49.4 Å². The van der Waals surface area contributed by atoms with E-state index in [1.54, 1.807) is 23.1 Å². The molecule has 2 aromatic rings. The first-order chi connectivity index (χ1) is 14.5. The molecule has 3 heterocycles. The fourth-order valence-corrected chi connectivity index (χ4v) is 6.19. The Morgan fingerprint density at radius 1 is 1.23 bits per heavy atom. The molecule has 0 bridgehead atoms. The lowest BCUT2D eigenvalue weighted by Gasteiger charge is -2.34. The third-order valence-electron chi connectivity index (χ3n) is 6.09. The molecular formula is C23H27FN2O2S2. The Hall–Kier alpha value is -1.86. The molecule has 2 aliphatic rings. The third-order valence-corrected chi connectivity index (χ3v) is 8.17. The Labute approximate surface area is 185 Å². The van der Waals surface area contributed by atoms with Gasteiger partial charge < -0.3 is 10.2 Å². The summed E-state index contributed by atoms with van der Waals surface area (Å²) in [4.78, 5) is 27.8. The second-order valence-corrected chi connectivity index (χ2v) is 10.4. The third kappa shape index (κ3) is 5.43. The summed E-state index contributed by atoms with van der Waals surface area (Å²) in [7, 11) is 0. The predicted octanol–water partition coefficient (Wildman–Crippen LogP) is 4.64. The molecule has 0 spiro atoms. The zero-order valence-corrected chi connectivity index (χ0v) is 18.6. The molecule has 1 aromatic heterocycles. The first kappa shape index (κ1) is 21.4. The van der Waals surface area contributed by atoms with E-state index in [4.69, 9.17) is 0 Å². The van der Waals surface area contributed by atoms with E-state index in [1.807, 2.05) is 17.0 Å². The smallest absolute Gasteiger partial charge is 0.222 e. The zero-order valence-electron chi connectivity index (χ0n) is 16.9. The largest absolute Gasteiger partial charge is 0.350 e. The number of amides is 2. The predicted molar refractivity (Wildman–Crippen MR) is 119 cm³/mol. The van der Waals surface area contributed by atoms with Crippen molar-refractivity contribution in [3.8, 4) is 0 Å². The van der Waals surface area contributed by atoms with Gasteiger partial charge in [-0.3, -0.25) is 9.59 Å². The molecule has 160 valence electrons. The van der Waals surface area contributed by atoms with E-state index in [1.165, 1.54) is 17.7 Å². The average molecular weight is 447 g/mol. The van der Waals surface area contributed by atoms with E-state index >= 15 is 0 Å².